The molecule has 0 spiro atoms. The number of hydrogen-bond donors (Lipinski definition) is 1. The molecule has 0 aliphatic heterocycles. The molecule has 1 heterocycles. The van der Waals surface area contributed by atoms with Gasteiger partial charge in [-0.15, -0.1) is 10.2 Å². The highest BCUT2D eigenvalue weighted by atomic mass is 35.5. The maximum absolute atomic E-state index is 12.0. The second kappa shape index (κ2) is 8.36. The zero-order valence-electron chi connectivity index (χ0n) is 12.9. The van der Waals surface area contributed by atoms with Crippen LogP contribution in [0.1, 0.15) is 25.3 Å². The minimum atomic E-state index is -3.44. The summed E-state index contributed by atoms with van der Waals surface area (Å²) in [6.07, 6.45) is 4.20. The Bertz CT molecular complexity index is 847. The summed E-state index contributed by atoms with van der Waals surface area (Å²) in [4.78, 5) is 11.9. The van der Waals surface area contributed by atoms with E-state index >= 15 is 0 Å². The van der Waals surface area contributed by atoms with Gasteiger partial charge in [-0.05, 0) is 24.1 Å². The van der Waals surface area contributed by atoms with Crippen LogP contribution in [0.25, 0.3) is 6.08 Å². The highest BCUT2D eigenvalue weighted by Gasteiger charge is 2.20. The van der Waals surface area contributed by atoms with E-state index in [0.29, 0.717) is 17.0 Å². The van der Waals surface area contributed by atoms with Gasteiger partial charge in [0.1, 0.15) is 0 Å². The number of nitrogens with zero attached hydrogens (tertiary/aromatic N) is 2. The predicted octanol–water partition coefficient (Wildman–Crippen LogP) is 3.42. The summed E-state index contributed by atoms with van der Waals surface area (Å²) in [5, 5.41) is 10.5. The van der Waals surface area contributed by atoms with Crippen molar-refractivity contribution >= 4 is 49.9 Å². The summed E-state index contributed by atoms with van der Waals surface area (Å²) in [7, 11) is -3.44. The SMILES string of the molecule is CCCCS(=O)(=O)c1nnc(NC(=O)/C=C/c2ccccc2Cl)s1. The van der Waals surface area contributed by atoms with Crippen LogP contribution in [0, 0.1) is 0 Å². The normalized spacial score (nSPS) is 11.8. The molecule has 0 atom stereocenters. The van der Waals surface area contributed by atoms with Crippen molar-refractivity contribution < 1.29 is 13.2 Å². The Balaban J connectivity index is 2.02. The number of benzene rings is 1. The lowest BCUT2D eigenvalue weighted by molar-refractivity contribution is -0.111. The molecule has 6 nitrogen and oxygen atoms in total. The molecule has 1 N–H and O–H groups in total. The summed E-state index contributed by atoms with van der Waals surface area (Å²) in [5.41, 5.74) is 0.703. The highest BCUT2D eigenvalue weighted by Crippen LogP contribution is 2.22. The number of halogens is 1. The van der Waals surface area contributed by atoms with E-state index in [1.54, 1.807) is 24.3 Å². The quantitative estimate of drug-likeness (QED) is 0.582. The largest absolute Gasteiger partial charge is 0.297 e. The van der Waals surface area contributed by atoms with Crippen LogP contribution in [0.3, 0.4) is 0 Å². The third kappa shape index (κ3) is 5.12. The molecule has 1 aromatic carbocycles. The average molecular weight is 386 g/mol. The van der Waals surface area contributed by atoms with Gasteiger partial charge in [-0.1, -0.05) is 54.5 Å². The first-order chi connectivity index (χ1) is 11.4. The van der Waals surface area contributed by atoms with Crippen LogP contribution in [-0.2, 0) is 14.6 Å². The van der Waals surface area contributed by atoms with Crippen molar-refractivity contribution in [3.05, 3.63) is 40.9 Å². The lowest BCUT2D eigenvalue weighted by Crippen LogP contribution is -2.07. The number of nitrogens with one attached hydrogen (secondary N) is 1. The molecule has 0 saturated heterocycles. The molecule has 0 aliphatic rings. The topological polar surface area (TPSA) is 89.0 Å². The monoisotopic (exact) mass is 385 g/mol. The smallest absolute Gasteiger partial charge is 0.250 e. The van der Waals surface area contributed by atoms with E-state index in [9.17, 15) is 13.2 Å². The van der Waals surface area contributed by atoms with Crippen LogP contribution in [0.15, 0.2) is 34.7 Å². The summed E-state index contributed by atoms with van der Waals surface area (Å²) in [6.45, 7) is 1.91. The van der Waals surface area contributed by atoms with Gasteiger partial charge in [0.25, 0.3) is 0 Å². The molecule has 128 valence electrons. The molecule has 0 aliphatic carbocycles. The fourth-order valence-corrected chi connectivity index (χ4v) is 4.41. The molecule has 9 heteroatoms. The van der Waals surface area contributed by atoms with Crippen LogP contribution in [0.2, 0.25) is 5.02 Å². The number of hydrogen-bond acceptors (Lipinski definition) is 6. The molecule has 0 fully saturated rings. The third-order valence-corrected chi connectivity index (χ3v) is 6.42. The predicted molar refractivity (Wildman–Crippen MR) is 96.0 cm³/mol. The summed E-state index contributed by atoms with van der Waals surface area (Å²) >= 11 is 6.83. The summed E-state index contributed by atoms with van der Waals surface area (Å²) in [5.74, 6) is -0.415. The minimum absolute atomic E-state index is 0.0263. The Labute approximate surface area is 149 Å². The Kier molecular flexibility index (Phi) is 6.47. The number of amides is 1. The lowest BCUT2D eigenvalue weighted by atomic mass is 10.2. The van der Waals surface area contributed by atoms with Crippen molar-refractivity contribution in [1.29, 1.82) is 0 Å². The zero-order chi connectivity index (χ0) is 17.6. The molecule has 0 unspecified atom stereocenters. The molecule has 2 rings (SSSR count). The van der Waals surface area contributed by atoms with E-state index in [4.69, 9.17) is 11.6 Å². The van der Waals surface area contributed by atoms with Crippen molar-refractivity contribution in [3.8, 4) is 0 Å². The fourth-order valence-electron chi connectivity index (χ4n) is 1.73. The Morgan fingerprint density at radius 1 is 1.33 bits per heavy atom. The van der Waals surface area contributed by atoms with Gasteiger partial charge >= 0.3 is 0 Å². The van der Waals surface area contributed by atoms with Crippen LogP contribution in [0.5, 0.6) is 0 Å². The van der Waals surface area contributed by atoms with Crippen molar-refractivity contribution in [1.82, 2.24) is 10.2 Å². The highest BCUT2D eigenvalue weighted by molar-refractivity contribution is 7.93. The van der Waals surface area contributed by atoms with Gasteiger partial charge in [-0.3, -0.25) is 10.1 Å². The second-order valence-electron chi connectivity index (χ2n) is 4.89. The van der Waals surface area contributed by atoms with Crippen LogP contribution in [-0.4, -0.2) is 30.3 Å². The van der Waals surface area contributed by atoms with E-state index in [0.717, 1.165) is 17.8 Å². The van der Waals surface area contributed by atoms with Gasteiger partial charge in [0, 0.05) is 11.1 Å². The van der Waals surface area contributed by atoms with Gasteiger partial charge < -0.3 is 0 Å². The van der Waals surface area contributed by atoms with Crippen molar-refractivity contribution in [2.24, 2.45) is 0 Å². The molecule has 0 bridgehead atoms. The number of carbonyl (C=O) groups is 1. The van der Waals surface area contributed by atoms with E-state index in [1.807, 2.05) is 13.0 Å². The van der Waals surface area contributed by atoms with Crippen LogP contribution < -0.4 is 5.32 Å². The molecule has 1 aromatic heterocycles. The van der Waals surface area contributed by atoms with Crippen LogP contribution >= 0.6 is 22.9 Å². The number of aromatic nitrogens is 2. The van der Waals surface area contributed by atoms with Crippen LogP contribution in [0.4, 0.5) is 5.13 Å². The van der Waals surface area contributed by atoms with Crippen molar-refractivity contribution in [3.63, 3.8) is 0 Å². The van der Waals surface area contributed by atoms with Crippen molar-refractivity contribution in [2.75, 3.05) is 11.1 Å². The minimum Gasteiger partial charge on any atom is -0.297 e. The third-order valence-electron chi connectivity index (χ3n) is 2.99. The van der Waals surface area contributed by atoms with Gasteiger partial charge in [0.05, 0.1) is 5.75 Å². The van der Waals surface area contributed by atoms with Gasteiger partial charge in [-0.25, -0.2) is 8.42 Å². The number of unbranched alkanes of at least 4 members (excludes halogenated alkanes) is 1. The molecule has 24 heavy (non-hydrogen) atoms. The number of anilines is 1. The number of rotatable bonds is 7. The molecule has 0 saturated carbocycles. The van der Waals surface area contributed by atoms with Gasteiger partial charge in [-0.2, -0.15) is 0 Å². The zero-order valence-corrected chi connectivity index (χ0v) is 15.3. The standard InChI is InChI=1S/C15H16ClN3O3S2/c1-2-3-10-24(21,22)15-19-18-14(23-15)17-13(20)9-8-11-6-4-5-7-12(11)16/h4-9H,2-3,10H2,1H3,(H,17,18,20)/b9-8+. The van der Waals surface area contributed by atoms with Crippen molar-refractivity contribution in [2.45, 2.75) is 24.1 Å². The number of carbonyl (C=O) groups excluding carboxylic acids is 1. The first-order valence-corrected chi connectivity index (χ1v) is 10.1. The Hall–Kier alpha value is -1.77. The van der Waals surface area contributed by atoms with E-state index in [2.05, 4.69) is 15.5 Å². The summed E-state index contributed by atoms with van der Waals surface area (Å²) < 4.78 is 23.9. The molecule has 0 radical (unpaired) electrons. The Morgan fingerprint density at radius 3 is 2.79 bits per heavy atom. The molecular weight excluding hydrogens is 370 g/mol. The fraction of sp³-hybridized carbons (Fsp3) is 0.267. The van der Waals surface area contributed by atoms with E-state index in [1.165, 1.54) is 6.08 Å². The van der Waals surface area contributed by atoms with E-state index < -0.39 is 15.7 Å². The molecule has 2 aromatic rings. The van der Waals surface area contributed by atoms with Gasteiger partial charge in [0.2, 0.25) is 25.2 Å². The second-order valence-corrected chi connectivity index (χ2v) is 8.56. The lowest BCUT2D eigenvalue weighted by Gasteiger charge is -1.98. The molecular formula is C15H16ClN3O3S2. The average Bonchev–Trinajstić information content (AvgIpc) is 3.01. The first-order valence-electron chi connectivity index (χ1n) is 7.22. The maximum atomic E-state index is 12.0. The summed E-state index contributed by atoms with van der Waals surface area (Å²) in [6, 6.07) is 7.09. The first kappa shape index (κ1) is 18.6. The molecule has 1 amide bonds. The van der Waals surface area contributed by atoms with E-state index in [-0.39, 0.29) is 15.2 Å². The maximum Gasteiger partial charge on any atom is 0.250 e. The van der Waals surface area contributed by atoms with Gasteiger partial charge in [0.15, 0.2) is 0 Å². The number of sulfone groups is 1. The Morgan fingerprint density at radius 2 is 2.08 bits per heavy atom.